The highest BCUT2D eigenvalue weighted by molar-refractivity contribution is 4.80. The first-order valence-electron chi connectivity index (χ1n) is 5.02. The Kier molecular flexibility index (Phi) is 4.82. The van der Waals surface area contributed by atoms with Gasteiger partial charge in [0, 0.05) is 12.6 Å². The molecule has 6 heteroatoms. The maximum Gasteiger partial charge on any atom is 0.411 e. The summed E-state index contributed by atoms with van der Waals surface area (Å²) in [7, 11) is 0. The molecule has 0 spiro atoms. The fourth-order valence-corrected chi connectivity index (χ4v) is 1.57. The summed E-state index contributed by atoms with van der Waals surface area (Å²) in [6, 6.07) is -0.0360. The lowest BCUT2D eigenvalue weighted by molar-refractivity contribution is -0.198. The maximum absolute atomic E-state index is 11.9. The van der Waals surface area contributed by atoms with E-state index in [4.69, 9.17) is 9.47 Å². The molecule has 0 aromatic heterocycles. The zero-order chi connectivity index (χ0) is 11.3. The normalized spacial score (nSPS) is 28.0. The first kappa shape index (κ1) is 12.7. The predicted molar refractivity (Wildman–Crippen MR) is 48.7 cm³/mol. The summed E-state index contributed by atoms with van der Waals surface area (Å²) in [6.45, 7) is 2.23. The summed E-state index contributed by atoms with van der Waals surface area (Å²) in [5.41, 5.74) is 0. The van der Waals surface area contributed by atoms with Gasteiger partial charge in [-0.05, 0) is 13.0 Å². The van der Waals surface area contributed by atoms with E-state index in [9.17, 15) is 13.2 Å². The molecule has 2 atom stereocenters. The minimum atomic E-state index is -4.27. The average Bonchev–Trinajstić information content (AvgIpc) is 2.16. The van der Waals surface area contributed by atoms with Crippen LogP contribution in [-0.4, -0.2) is 44.7 Å². The van der Waals surface area contributed by atoms with Crippen molar-refractivity contribution in [3.63, 3.8) is 0 Å². The molecule has 1 aliphatic rings. The molecule has 1 fully saturated rings. The van der Waals surface area contributed by atoms with Gasteiger partial charge in [0.2, 0.25) is 0 Å². The van der Waals surface area contributed by atoms with Gasteiger partial charge in [-0.3, -0.25) is 0 Å². The lowest BCUT2D eigenvalue weighted by atomic mass is 10.1. The van der Waals surface area contributed by atoms with Crippen molar-refractivity contribution in [2.75, 3.05) is 26.4 Å². The number of likely N-dealkylation sites (N-methyl/N-ethyl adjacent to an activating group) is 1. The predicted octanol–water partition coefficient (Wildman–Crippen LogP) is 1.33. The van der Waals surface area contributed by atoms with Crippen LogP contribution in [0.5, 0.6) is 0 Å². The van der Waals surface area contributed by atoms with Crippen molar-refractivity contribution >= 4 is 0 Å². The van der Waals surface area contributed by atoms with Crippen LogP contribution in [0, 0.1) is 0 Å². The van der Waals surface area contributed by atoms with Crippen LogP contribution < -0.4 is 5.32 Å². The second-order valence-electron chi connectivity index (χ2n) is 3.49. The van der Waals surface area contributed by atoms with Crippen molar-refractivity contribution < 1.29 is 22.6 Å². The third-order valence-electron chi connectivity index (χ3n) is 2.23. The van der Waals surface area contributed by atoms with Gasteiger partial charge in [-0.15, -0.1) is 0 Å². The fourth-order valence-electron chi connectivity index (χ4n) is 1.57. The first-order valence-corrected chi connectivity index (χ1v) is 5.02. The minimum absolute atomic E-state index is 0.0360. The lowest BCUT2D eigenvalue weighted by Crippen LogP contribution is -2.48. The van der Waals surface area contributed by atoms with Crippen LogP contribution in [0.2, 0.25) is 0 Å². The second-order valence-corrected chi connectivity index (χ2v) is 3.49. The van der Waals surface area contributed by atoms with Crippen LogP contribution in [0.1, 0.15) is 13.3 Å². The van der Waals surface area contributed by atoms with E-state index in [-0.39, 0.29) is 12.6 Å². The largest absolute Gasteiger partial charge is 0.411 e. The molecule has 2 unspecified atom stereocenters. The molecule has 3 nitrogen and oxygen atoms in total. The topological polar surface area (TPSA) is 30.5 Å². The molecule has 1 saturated heterocycles. The van der Waals surface area contributed by atoms with E-state index in [1.165, 1.54) is 0 Å². The molecular formula is C9H16F3NO2. The SMILES string of the molecule is CCNC1CCOCC1OCC(F)(F)F. The molecule has 90 valence electrons. The molecule has 0 aliphatic carbocycles. The van der Waals surface area contributed by atoms with Crippen molar-refractivity contribution in [3.05, 3.63) is 0 Å². The smallest absolute Gasteiger partial charge is 0.379 e. The van der Waals surface area contributed by atoms with Crippen LogP contribution in [0.4, 0.5) is 13.2 Å². The number of alkyl halides is 3. The van der Waals surface area contributed by atoms with E-state index < -0.39 is 18.9 Å². The van der Waals surface area contributed by atoms with Crippen LogP contribution >= 0.6 is 0 Å². The van der Waals surface area contributed by atoms with Crippen LogP contribution in [0.3, 0.4) is 0 Å². The van der Waals surface area contributed by atoms with Crippen molar-refractivity contribution in [2.24, 2.45) is 0 Å². The third kappa shape index (κ3) is 4.81. The lowest BCUT2D eigenvalue weighted by Gasteiger charge is -2.32. The van der Waals surface area contributed by atoms with Gasteiger partial charge in [-0.2, -0.15) is 13.2 Å². The molecule has 0 aromatic rings. The number of halogens is 3. The zero-order valence-electron chi connectivity index (χ0n) is 8.64. The van der Waals surface area contributed by atoms with Crippen molar-refractivity contribution in [1.82, 2.24) is 5.32 Å². The van der Waals surface area contributed by atoms with Crippen molar-refractivity contribution in [3.8, 4) is 0 Å². The molecule has 1 heterocycles. The Bertz CT molecular complexity index is 185. The standard InChI is InChI=1S/C9H16F3NO2/c1-2-13-7-3-4-14-5-8(7)15-6-9(10,11)12/h7-8,13H,2-6H2,1H3. The van der Waals surface area contributed by atoms with E-state index in [0.29, 0.717) is 13.0 Å². The molecule has 1 rings (SSSR count). The Morgan fingerprint density at radius 1 is 1.47 bits per heavy atom. The highest BCUT2D eigenvalue weighted by Gasteiger charge is 2.33. The average molecular weight is 227 g/mol. The van der Waals surface area contributed by atoms with Gasteiger partial charge in [0.15, 0.2) is 0 Å². The molecule has 1 aliphatic heterocycles. The van der Waals surface area contributed by atoms with E-state index in [1.54, 1.807) is 0 Å². The summed E-state index contributed by atoms with van der Waals surface area (Å²) in [5.74, 6) is 0. The number of nitrogens with one attached hydrogen (secondary N) is 1. The summed E-state index contributed by atoms with van der Waals surface area (Å²) in [4.78, 5) is 0. The molecule has 0 aromatic carbocycles. The molecule has 15 heavy (non-hydrogen) atoms. The van der Waals surface area contributed by atoms with Gasteiger partial charge < -0.3 is 14.8 Å². The van der Waals surface area contributed by atoms with Crippen molar-refractivity contribution in [2.45, 2.75) is 31.7 Å². The molecule has 0 amide bonds. The van der Waals surface area contributed by atoms with Gasteiger partial charge in [0.25, 0.3) is 0 Å². The molecule has 0 saturated carbocycles. The molecular weight excluding hydrogens is 211 g/mol. The number of ether oxygens (including phenoxy) is 2. The van der Waals surface area contributed by atoms with E-state index >= 15 is 0 Å². The Hall–Kier alpha value is -0.330. The first-order chi connectivity index (χ1) is 7.03. The zero-order valence-corrected chi connectivity index (χ0v) is 8.64. The third-order valence-corrected chi connectivity index (χ3v) is 2.23. The second kappa shape index (κ2) is 5.67. The molecule has 1 N–H and O–H groups in total. The number of hydrogen-bond donors (Lipinski definition) is 1. The maximum atomic E-state index is 11.9. The quantitative estimate of drug-likeness (QED) is 0.786. The van der Waals surface area contributed by atoms with E-state index in [0.717, 1.165) is 6.54 Å². The summed E-state index contributed by atoms with van der Waals surface area (Å²) < 4.78 is 45.7. The van der Waals surface area contributed by atoms with Crippen LogP contribution in [0.15, 0.2) is 0 Å². The Labute approximate surface area is 86.9 Å². The van der Waals surface area contributed by atoms with Crippen LogP contribution in [0.25, 0.3) is 0 Å². The van der Waals surface area contributed by atoms with Gasteiger partial charge >= 0.3 is 6.18 Å². The molecule has 0 bridgehead atoms. The Morgan fingerprint density at radius 3 is 2.80 bits per heavy atom. The van der Waals surface area contributed by atoms with Gasteiger partial charge in [0.1, 0.15) is 6.61 Å². The highest BCUT2D eigenvalue weighted by Crippen LogP contribution is 2.18. The molecule has 0 radical (unpaired) electrons. The van der Waals surface area contributed by atoms with Crippen molar-refractivity contribution in [1.29, 1.82) is 0 Å². The summed E-state index contributed by atoms with van der Waals surface area (Å²) >= 11 is 0. The number of rotatable bonds is 4. The van der Waals surface area contributed by atoms with E-state index in [2.05, 4.69) is 5.32 Å². The van der Waals surface area contributed by atoms with Gasteiger partial charge in [-0.25, -0.2) is 0 Å². The Balaban J connectivity index is 2.35. The fraction of sp³-hybridized carbons (Fsp3) is 1.00. The highest BCUT2D eigenvalue weighted by atomic mass is 19.4. The summed E-state index contributed by atoms with van der Waals surface area (Å²) in [6.07, 6.45) is -4.08. The monoisotopic (exact) mass is 227 g/mol. The number of hydrogen-bond acceptors (Lipinski definition) is 3. The summed E-state index contributed by atoms with van der Waals surface area (Å²) in [5, 5.41) is 3.10. The van der Waals surface area contributed by atoms with Crippen LogP contribution in [-0.2, 0) is 9.47 Å². The minimum Gasteiger partial charge on any atom is -0.379 e. The van der Waals surface area contributed by atoms with E-state index in [1.807, 2.05) is 6.92 Å². The van der Waals surface area contributed by atoms with Gasteiger partial charge in [0.05, 0.1) is 12.7 Å². The Morgan fingerprint density at radius 2 is 2.20 bits per heavy atom. The van der Waals surface area contributed by atoms with Gasteiger partial charge in [-0.1, -0.05) is 6.92 Å².